The number of carbonyl (C=O) groups excluding carboxylic acids is 2. The molecule has 0 aromatic rings. The average Bonchev–Trinajstić information content (AvgIpc) is 2.29. The third-order valence-electron chi connectivity index (χ3n) is 3.29. The molecule has 2 N–H and O–H groups in total. The van der Waals surface area contributed by atoms with Crippen molar-refractivity contribution in [1.29, 1.82) is 0 Å². The van der Waals surface area contributed by atoms with E-state index >= 15 is 0 Å². The Morgan fingerprint density at radius 2 is 1.55 bits per heavy atom. The molecule has 0 unspecified atom stereocenters. The van der Waals surface area contributed by atoms with Gasteiger partial charge in [-0.05, 0) is 31.6 Å². The quantitative estimate of drug-likeness (QED) is 0.761. The fourth-order valence-corrected chi connectivity index (χ4v) is 2.31. The second-order valence-electron chi connectivity index (χ2n) is 6.76. The highest BCUT2D eigenvalue weighted by Crippen LogP contribution is 2.26. The Labute approximate surface area is 128 Å². The maximum Gasteiger partial charge on any atom is 0.430 e. The molecule has 0 saturated heterocycles. The number of carboxylic acid groups (broad SMARTS) is 1. The van der Waals surface area contributed by atoms with Crippen LogP contribution < -0.4 is 10.8 Å². The van der Waals surface area contributed by atoms with Crippen LogP contribution in [-0.4, -0.2) is 56.1 Å². The van der Waals surface area contributed by atoms with Gasteiger partial charge in [0.1, 0.15) is 12.5 Å². The SMILES string of the molecule is C[N+](C)(C)CC(=O)CC1CCC(N)CC1.O=C([O-])C(F)(F)F. The largest absolute Gasteiger partial charge is 0.542 e. The minimum Gasteiger partial charge on any atom is -0.542 e. The Bertz CT molecular complexity index is 371. The van der Waals surface area contributed by atoms with Crippen LogP contribution in [0.5, 0.6) is 0 Å². The summed E-state index contributed by atoms with van der Waals surface area (Å²) in [4.78, 5) is 20.5. The molecule has 1 saturated carbocycles. The summed E-state index contributed by atoms with van der Waals surface area (Å²) in [6, 6.07) is 0.384. The summed E-state index contributed by atoms with van der Waals surface area (Å²) in [6.45, 7) is 0.655. The molecule has 0 aromatic carbocycles. The average molecular weight is 326 g/mol. The molecule has 0 spiro atoms. The van der Waals surface area contributed by atoms with E-state index in [2.05, 4.69) is 21.1 Å². The topological polar surface area (TPSA) is 83.2 Å². The van der Waals surface area contributed by atoms with Gasteiger partial charge in [0.2, 0.25) is 0 Å². The lowest BCUT2D eigenvalue weighted by Crippen LogP contribution is -2.40. The number of quaternary nitrogens is 1. The van der Waals surface area contributed by atoms with Crippen molar-refractivity contribution in [2.24, 2.45) is 11.7 Å². The molecule has 130 valence electrons. The first-order chi connectivity index (χ1) is 9.81. The molecule has 5 nitrogen and oxygen atoms in total. The fraction of sp³-hybridized carbons (Fsp3) is 0.857. The molecule has 0 amide bonds. The van der Waals surface area contributed by atoms with Crippen molar-refractivity contribution in [2.45, 2.75) is 44.3 Å². The van der Waals surface area contributed by atoms with Crippen LogP contribution in [0.2, 0.25) is 0 Å². The number of nitrogens with two attached hydrogens (primary N) is 1. The summed E-state index contributed by atoms with van der Waals surface area (Å²) < 4.78 is 32.3. The summed E-state index contributed by atoms with van der Waals surface area (Å²) in [5.41, 5.74) is 5.84. The smallest absolute Gasteiger partial charge is 0.430 e. The first-order valence-electron chi connectivity index (χ1n) is 7.17. The summed E-state index contributed by atoms with van der Waals surface area (Å²) >= 11 is 0. The summed E-state index contributed by atoms with van der Waals surface area (Å²) in [6.07, 6.45) is 0.0565. The maximum atomic E-state index is 11.8. The molecular weight excluding hydrogens is 301 g/mol. The van der Waals surface area contributed by atoms with Gasteiger partial charge in [-0.2, -0.15) is 13.2 Å². The van der Waals surface area contributed by atoms with Crippen LogP contribution in [0.1, 0.15) is 32.1 Å². The highest BCUT2D eigenvalue weighted by Gasteiger charge is 2.28. The summed E-state index contributed by atoms with van der Waals surface area (Å²) in [7, 11) is 6.19. The van der Waals surface area contributed by atoms with Crippen molar-refractivity contribution in [3.8, 4) is 0 Å². The minimum atomic E-state index is -5.19. The number of hydrogen-bond acceptors (Lipinski definition) is 4. The van der Waals surface area contributed by atoms with Crippen LogP contribution in [0.25, 0.3) is 0 Å². The number of carboxylic acids is 1. The summed E-state index contributed by atoms with van der Waals surface area (Å²) in [5.74, 6) is -2.00. The number of nitrogens with zero attached hydrogens (tertiary/aromatic N) is 1. The van der Waals surface area contributed by atoms with Crippen molar-refractivity contribution in [3.63, 3.8) is 0 Å². The molecule has 1 fully saturated rings. The Kier molecular flexibility index (Phi) is 8.03. The lowest BCUT2D eigenvalue weighted by atomic mass is 9.83. The number of rotatable bonds is 4. The predicted octanol–water partition coefficient (Wildman–Crippen LogP) is 0.468. The Morgan fingerprint density at radius 1 is 1.14 bits per heavy atom. The van der Waals surface area contributed by atoms with Gasteiger partial charge in [-0.15, -0.1) is 0 Å². The fourth-order valence-electron chi connectivity index (χ4n) is 2.31. The predicted molar refractivity (Wildman–Crippen MR) is 73.5 cm³/mol. The van der Waals surface area contributed by atoms with Crippen molar-refractivity contribution in [3.05, 3.63) is 0 Å². The van der Waals surface area contributed by atoms with Crippen LogP contribution in [-0.2, 0) is 9.59 Å². The molecule has 0 bridgehead atoms. The molecular formula is C14H25F3N2O3. The molecule has 1 aliphatic carbocycles. The van der Waals surface area contributed by atoms with E-state index in [0.717, 1.165) is 36.6 Å². The van der Waals surface area contributed by atoms with E-state index in [1.54, 1.807) is 0 Å². The van der Waals surface area contributed by atoms with Gasteiger partial charge in [0, 0.05) is 12.5 Å². The van der Waals surface area contributed by atoms with Gasteiger partial charge in [0.25, 0.3) is 0 Å². The zero-order chi connectivity index (χ0) is 17.6. The minimum absolute atomic E-state index is 0.384. The van der Waals surface area contributed by atoms with Crippen molar-refractivity contribution in [1.82, 2.24) is 0 Å². The lowest BCUT2D eigenvalue weighted by molar-refractivity contribution is -0.862. The number of Topliss-reactive ketones (excluding diaryl/α,β-unsaturated/α-hetero) is 1. The molecule has 0 aromatic heterocycles. The van der Waals surface area contributed by atoms with E-state index in [1.165, 1.54) is 0 Å². The van der Waals surface area contributed by atoms with Crippen LogP contribution in [0.3, 0.4) is 0 Å². The highest BCUT2D eigenvalue weighted by atomic mass is 19.4. The first kappa shape index (κ1) is 20.9. The van der Waals surface area contributed by atoms with Crippen molar-refractivity contribution < 1.29 is 32.3 Å². The van der Waals surface area contributed by atoms with Crippen LogP contribution >= 0.6 is 0 Å². The van der Waals surface area contributed by atoms with Crippen LogP contribution in [0.15, 0.2) is 0 Å². The van der Waals surface area contributed by atoms with Crippen molar-refractivity contribution >= 4 is 11.8 Å². The zero-order valence-electron chi connectivity index (χ0n) is 13.3. The number of likely N-dealkylation sites (N-methyl/N-ethyl adjacent to an activating group) is 1. The van der Waals surface area contributed by atoms with Gasteiger partial charge < -0.3 is 20.1 Å². The maximum absolute atomic E-state index is 11.8. The highest BCUT2D eigenvalue weighted by molar-refractivity contribution is 5.79. The molecule has 0 aliphatic heterocycles. The summed E-state index contributed by atoms with van der Waals surface area (Å²) in [5, 5.41) is 8.78. The van der Waals surface area contributed by atoms with E-state index < -0.39 is 12.1 Å². The number of halogens is 3. The molecule has 0 heterocycles. The number of aliphatic carboxylic acids is 1. The van der Waals surface area contributed by atoms with Gasteiger partial charge >= 0.3 is 6.18 Å². The second kappa shape index (κ2) is 8.47. The third kappa shape index (κ3) is 10.6. The molecule has 22 heavy (non-hydrogen) atoms. The van der Waals surface area contributed by atoms with E-state index in [-0.39, 0.29) is 0 Å². The third-order valence-corrected chi connectivity index (χ3v) is 3.29. The van der Waals surface area contributed by atoms with E-state index in [4.69, 9.17) is 15.6 Å². The molecule has 0 radical (unpaired) electrons. The van der Waals surface area contributed by atoms with E-state index in [1.807, 2.05) is 0 Å². The normalized spacial score (nSPS) is 22.5. The lowest BCUT2D eigenvalue weighted by Gasteiger charge is -2.27. The number of carbonyl (C=O) groups is 2. The van der Waals surface area contributed by atoms with Gasteiger partial charge in [-0.25, -0.2) is 0 Å². The van der Waals surface area contributed by atoms with Crippen LogP contribution in [0, 0.1) is 5.92 Å². The van der Waals surface area contributed by atoms with Gasteiger partial charge in [0.15, 0.2) is 5.78 Å². The Balaban J connectivity index is 0.000000534. The number of hydrogen-bond donors (Lipinski definition) is 1. The molecule has 1 aliphatic rings. The number of ketones is 1. The van der Waals surface area contributed by atoms with Gasteiger partial charge in [0.05, 0.1) is 21.1 Å². The molecule has 8 heteroatoms. The van der Waals surface area contributed by atoms with E-state index in [9.17, 15) is 18.0 Å². The Morgan fingerprint density at radius 3 is 1.86 bits per heavy atom. The molecule has 1 rings (SSSR count). The van der Waals surface area contributed by atoms with Crippen molar-refractivity contribution in [2.75, 3.05) is 27.7 Å². The van der Waals surface area contributed by atoms with Gasteiger partial charge in [-0.3, -0.25) is 4.79 Å². The van der Waals surface area contributed by atoms with Crippen LogP contribution in [0.4, 0.5) is 13.2 Å². The monoisotopic (exact) mass is 326 g/mol. The standard InChI is InChI=1S/C12H25N2O.C2HF3O2/c1-14(2,3)9-12(15)8-10-4-6-11(13)7-5-10;3-2(4,5)1(6)7/h10-11H,4-9,13H2,1-3H3;(H,6,7)/q+1;/p-1. The first-order valence-corrected chi connectivity index (χ1v) is 7.17. The second-order valence-corrected chi connectivity index (χ2v) is 6.76. The zero-order valence-corrected chi connectivity index (χ0v) is 13.3. The van der Waals surface area contributed by atoms with Gasteiger partial charge in [-0.1, -0.05) is 0 Å². The van der Waals surface area contributed by atoms with E-state index in [0.29, 0.717) is 24.3 Å². The molecule has 0 atom stereocenters. The number of alkyl halides is 3. The Hall–Kier alpha value is -1.15.